The predicted octanol–water partition coefficient (Wildman–Crippen LogP) is 4.80. The van der Waals surface area contributed by atoms with E-state index in [2.05, 4.69) is 21.2 Å². The lowest BCUT2D eigenvalue weighted by molar-refractivity contribution is -0.121. The van der Waals surface area contributed by atoms with Gasteiger partial charge in [0.05, 0.1) is 10.6 Å². The number of imide groups is 1. The van der Waals surface area contributed by atoms with Gasteiger partial charge in [-0.1, -0.05) is 34.1 Å². The molecule has 0 radical (unpaired) electrons. The molecule has 1 N–H and O–H groups in total. The van der Waals surface area contributed by atoms with Crippen molar-refractivity contribution in [2.45, 2.75) is 13.0 Å². The second-order valence-corrected chi connectivity index (χ2v) is 9.33. The molecule has 0 bridgehead atoms. The molecule has 9 heteroatoms. The van der Waals surface area contributed by atoms with Crippen LogP contribution in [0.1, 0.15) is 12.0 Å². The van der Waals surface area contributed by atoms with Crippen molar-refractivity contribution in [1.82, 2.24) is 9.88 Å². The summed E-state index contributed by atoms with van der Waals surface area (Å²) in [5, 5.41) is 3.43. The maximum Gasteiger partial charge on any atom is 0.298 e. The van der Waals surface area contributed by atoms with Crippen LogP contribution in [-0.2, 0) is 20.9 Å². The Morgan fingerprint density at radius 1 is 1.18 bits per heavy atom. The first kappa shape index (κ1) is 23.3. The summed E-state index contributed by atoms with van der Waals surface area (Å²) in [7, 11) is 1.63. The Morgan fingerprint density at radius 3 is 2.73 bits per heavy atom. The molecule has 3 aromatic rings. The maximum absolute atomic E-state index is 13.0. The monoisotopic (exact) mass is 527 g/mol. The van der Waals surface area contributed by atoms with E-state index in [0.717, 1.165) is 39.1 Å². The first-order valence-electron chi connectivity index (χ1n) is 10.3. The molecule has 33 heavy (non-hydrogen) atoms. The molecule has 0 spiro atoms. The number of hydrogen-bond donors (Lipinski definition) is 1. The molecule has 170 valence electrons. The topological polar surface area (TPSA) is 80.6 Å². The lowest BCUT2D eigenvalue weighted by Crippen LogP contribution is -2.28. The molecule has 1 aromatic heterocycles. The fraction of sp³-hybridized carbons (Fsp3) is 0.208. The second kappa shape index (κ2) is 10.4. The molecule has 3 amide bonds. The van der Waals surface area contributed by atoms with Gasteiger partial charge in [-0.15, -0.1) is 0 Å². The first-order chi connectivity index (χ1) is 16.0. The molecule has 1 aliphatic heterocycles. The molecule has 1 fully saturated rings. The molecular formula is C24H22BrN3O4S. The van der Waals surface area contributed by atoms with Crippen molar-refractivity contribution in [2.75, 3.05) is 25.2 Å². The van der Waals surface area contributed by atoms with Gasteiger partial charge < -0.3 is 14.6 Å². The maximum atomic E-state index is 13.0. The van der Waals surface area contributed by atoms with Crippen molar-refractivity contribution in [1.29, 1.82) is 0 Å². The zero-order valence-electron chi connectivity index (χ0n) is 17.9. The Morgan fingerprint density at radius 2 is 1.97 bits per heavy atom. The first-order valence-corrected chi connectivity index (χ1v) is 12.0. The number of methoxy groups -OCH3 is 1. The minimum absolute atomic E-state index is 0.109. The third kappa shape index (κ3) is 5.21. The van der Waals surface area contributed by atoms with Crippen LogP contribution < -0.4 is 10.2 Å². The summed E-state index contributed by atoms with van der Waals surface area (Å²) < 4.78 is 7.73. The fourth-order valence-electron chi connectivity index (χ4n) is 3.61. The zero-order chi connectivity index (χ0) is 23.4. The molecule has 1 aliphatic rings. The summed E-state index contributed by atoms with van der Waals surface area (Å²) in [6.07, 6.45) is 4.29. The van der Waals surface area contributed by atoms with Gasteiger partial charge in [-0.05, 0) is 54.6 Å². The number of thioether (sulfide) groups is 1. The van der Waals surface area contributed by atoms with E-state index >= 15 is 0 Å². The number of ether oxygens (including phenoxy) is 1. The molecule has 0 atom stereocenters. The van der Waals surface area contributed by atoms with Crippen molar-refractivity contribution in [2.24, 2.45) is 0 Å². The number of carbonyl (C=O) groups excluding carboxylic acids is 3. The van der Waals surface area contributed by atoms with E-state index in [9.17, 15) is 14.4 Å². The van der Waals surface area contributed by atoms with Gasteiger partial charge in [-0.2, -0.15) is 0 Å². The smallest absolute Gasteiger partial charge is 0.298 e. The minimum Gasteiger partial charge on any atom is -0.385 e. The Hall–Kier alpha value is -2.88. The number of rotatable bonds is 8. The molecule has 2 aromatic carbocycles. The highest BCUT2D eigenvalue weighted by Gasteiger charge is 2.36. The van der Waals surface area contributed by atoms with Crippen molar-refractivity contribution in [3.63, 3.8) is 0 Å². The number of hydrogen-bond acceptors (Lipinski definition) is 5. The number of anilines is 1. The quantitative estimate of drug-likeness (QED) is 0.336. The van der Waals surface area contributed by atoms with Crippen molar-refractivity contribution in [3.8, 4) is 0 Å². The number of carbonyl (C=O) groups is 3. The van der Waals surface area contributed by atoms with Gasteiger partial charge in [-0.25, -0.2) is 4.90 Å². The highest BCUT2D eigenvalue weighted by Crippen LogP contribution is 2.37. The molecule has 0 saturated carbocycles. The summed E-state index contributed by atoms with van der Waals surface area (Å²) in [4.78, 5) is 39.5. The molecule has 4 rings (SSSR count). The molecule has 0 aliphatic carbocycles. The van der Waals surface area contributed by atoms with Crippen LogP contribution in [0.5, 0.6) is 0 Å². The van der Waals surface area contributed by atoms with E-state index in [-0.39, 0.29) is 23.6 Å². The molecule has 1 saturated heterocycles. The highest BCUT2D eigenvalue weighted by molar-refractivity contribution is 9.10. The van der Waals surface area contributed by atoms with Crippen LogP contribution in [0.2, 0.25) is 0 Å². The summed E-state index contributed by atoms with van der Waals surface area (Å²) in [5.41, 5.74) is 2.16. The zero-order valence-corrected chi connectivity index (χ0v) is 20.3. The number of amides is 3. The number of para-hydroxylation sites is 1. The van der Waals surface area contributed by atoms with Gasteiger partial charge in [0.15, 0.2) is 0 Å². The molecular weight excluding hydrogens is 506 g/mol. The van der Waals surface area contributed by atoms with Gasteiger partial charge in [0.2, 0.25) is 5.91 Å². The van der Waals surface area contributed by atoms with Crippen LogP contribution in [0.25, 0.3) is 17.0 Å². The van der Waals surface area contributed by atoms with Gasteiger partial charge in [-0.3, -0.25) is 14.4 Å². The average molecular weight is 528 g/mol. The molecule has 7 nitrogen and oxygen atoms in total. The Labute approximate surface area is 203 Å². The standard InChI is InChI=1S/C24H22BrN3O4S/c1-32-11-5-10-26-22(29)15-27-14-16(19-13-17(25)8-9-20(19)27)12-21-23(30)28(24(31)33-21)18-6-3-2-4-7-18/h2-4,6-9,12-14H,5,10-11,15H2,1H3,(H,26,29)/b21-12-. The summed E-state index contributed by atoms with van der Waals surface area (Å²) in [6.45, 7) is 1.27. The SMILES string of the molecule is COCCCNC(=O)Cn1cc(/C=C2\SC(=O)N(c3ccccc3)C2=O)c2cc(Br)ccc21. The van der Waals surface area contributed by atoms with E-state index in [1.165, 1.54) is 4.90 Å². The fourth-order valence-corrected chi connectivity index (χ4v) is 4.80. The van der Waals surface area contributed by atoms with Crippen LogP contribution in [0, 0.1) is 0 Å². The van der Waals surface area contributed by atoms with Gasteiger partial charge in [0, 0.05) is 47.4 Å². The largest absolute Gasteiger partial charge is 0.385 e. The van der Waals surface area contributed by atoms with Crippen LogP contribution >= 0.6 is 27.7 Å². The minimum atomic E-state index is -0.358. The Bertz CT molecular complexity index is 1240. The summed E-state index contributed by atoms with van der Waals surface area (Å²) in [6, 6.07) is 14.6. The third-order valence-corrected chi connectivity index (χ3v) is 6.49. The number of benzene rings is 2. The number of aromatic nitrogens is 1. The lowest BCUT2D eigenvalue weighted by Gasteiger charge is -2.11. The molecule has 2 heterocycles. The third-order valence-electron chi connectivity index (χ3n) is 5.13. The van der Waals surface area contributed by atoms with Crippen LogP contribution in [0.15, 0.2) is 64.1 Å². The number of nitrogens with zero attached hydrogens (tertiary/aromatic N) is 2. The van der Waals surface area contributed by atoms with E-state index < -0.39 is 0 Å². The number of halogens is 1. The van der Waals surface area contributed by atoms with Gasteiger partial charge in [0.25, 0.3) is 11.1 Å². The Balaban J connectivity index is 1.62. The van der Waals surface area contributed by atoms with E-state index in [4.69, 9.17) is 4.74 Å². The van der Waals surface area contributed by atoms with E-state index in [1.807, 2.05) is 35.0 Å². The van der Waals surface area contributed by atoms with Crippen molar-refractivity contribution >= 4 is 67.4 Å². The van der Waals surface area contributed by atoms with Gasteiger partial charge >= 0.3 is 0 Å². The Kier molecular flexibility index (Phi) is 7.32. The van der Waals surface area contributed by atoms with Crippen LogP contribution in [0.4, 0.5) is 10.5 Å². The van der Waals surface area contributed by atoms with Gasteiger partial charge in [0.1, 0.15) is 6.54 Å². The normalized spacial score (nSPS) is 15.1. The predicted molar refractivity (Wildman–Crippen MR) is 134 cm³/mol. The summed E-state index contributed by atoms with van der Waals surface area (Å²) in [5.74, 6) is -0.468. The van der Waals surface area contributed by atoms with Crippen LogP contribution in [0.3, 0.4) is 0 Å². The summed E-state index contributed by atoms with van der Waals surface area (Å²) >= 11 is 4.40. The van der Waals surface area contributed by atoms with Crippen LogP contribution in [-0.4, -0.2) is 41.9 Å². The average Bonchev–Trinajstić information content (AvgIpc) is 3.27. The lowest BCUT2D eigenvalue weighted by atomic mass is 10.1. The number of fused-ring (bicyclic) bond motifs is 1. The highest BCUT2D eigenvalue weighted by atomic mass is 79.9. The second-order valence-electron chi connectivity index (χ2n) is 7.42. The van der Waals surface area contributed by atoms with Crippen molar-refractivity contribution < 1.29 is 19.1 Å². The number of nitrogens with one attached hydrogen (secondary N) is 1. The van der Waals surface area contributed by atoms with E-state index in [1.54, 1.807) is 37.5 Å². The van der Waals surface area contributed by atoms with Crippen molar-refractivity contribution in [3.05, 3.63) is 69.7 Å². The molecule has 0 unspecified atom stereocenters. The van der Waals surface area contributed by atoms with E-state index in [0.29, 0.717) is 23.7 Å².